The summed E-state index contributed by atoms with van der Waals surface area (Å²) in [4.78, 5) is 2.13. The quantitative estimate of drug-likeness (QED) is 0.768. The first-order valence-electron chi connectivity index (χ1n) is 8.59. The number of rotatable bonds is 5. The van der Waals surface area contributed by atoms with E-state index in [0.29, 0.717) is 37.6 Å². The number of sulfonamides is 1. The smallest absolute Gasteiger partial charge is 0.248 e. The van der Waals surface area contributed by atoms with Gasteiger partial charge in [0.15, 0.2) is 5.76 Å². The van der Waals surface area contributed by atoms with Gasteiger partial charge in [0.2, 0.25) is 10.0 Å². The van der Waals surface area contributed by atoms with Gasteiger partial charge in [-0.2, -0.15) is 9.57 Å². The van der Waals surface area contributed by atoms with Crippen LogP contribution in [-0.2, 0) is 10.0 Å². The van der Waals surface area contributed by atoms with Crippen LogP contribution >= 0.6 is 0 Å². The molecule has 1 unspecified atom stereocenters. The van der Waals surface area contributed by atoms with Crippen LogP contribution in [0.3, 0.4) is 0 Å². The van der Waals surface area contributed by atoms with Crippen molar-refractivity contribution in [1.29, 1.82) is 5.26 Å². The van der Waals surface area contributed by atoms with E-state index in [1.165, 1.54) is 4.31 Å². The first-order chi connectivity index (χ1) is 12.9. The van der Waals surface area contributed by atoms with Crippen molar-refractivity contribution in [3.8, 4) is 11.8 Å². The van der Waals surface area contributed by atoms with Gasteiger partial charge in [-0.3, -0.25) is 4.90 Å². The highest BCUT2D eigenvalue weighted by Gasteiger charge is 2.35. The van der Waals surface area contributed by atoms with Gasteiger partial charge < -0.3 is 9.26 Å². The van der Waals surface area contributed by atoms with Gasteiger partial charge in [0.05, 0.1) is 13.2 Å². The van der Waals surface area contributed by atoms with Crippen LogP contribution in [0.25, 0.3) is 0 Å². The van der Waals surface area contributed by atoms with Crippen molar-refractivity contribution in [1.82, 2.24) is 14.4 Å². The number of nitrogens with zero attached hydrogens (tertiary/aromatic N) is 4. The van der Waals surface area contributed by atoms with E-state index >= 15 is 0 Å². The molecule has 2 heterocycles. The lowest BCUT2D eigenvalue weighted by molar-refractivity contribution is 0.162. The van der Waals surface area contributed by atoms with Crippen molar-refractivity contribution < 1.29 is 17.7 Å². The van der Waals surface area contributed by atoms with Crippen LogP contribution < -0.4 is 4.74 Å². The summed E-state index contributed by atoms with van der Waals surface area (Å²) in [5.41, 5.74) is 1.23. The highest BCUT2D eigenvalue weighted by molar-refractivity contribution is 7.89. The van der Waals surface area contributed by atoms with Gasteiger partial charge in [-0.05, 0) is 31.5 Å². The average molecular weight is 390 g/mol. The summed E-state index contributed by atoms with van der Waals surface area (Å²) < 4.78 is 37.4. The molecule has 0 aliphatic carbocycles. The molecule has 1 aliphatic heterocycles. The van der Waals surface area contributed by atoms with Gasteiger partial charge in [-0.25, -0.2) is 8.42 Å². The zero-order chi connectivity index (χ0) is 19.6. The molecule has 1 saturated heterocycles. The van der Waals surface area contributed by atoms with Crippen molar-refractivity contribution in [3.05, 3.63) is 41.3 Å². The van der Waals surface area contributed by atoms with E-state index < -0.39 is 16.1 Å². The van der Waals surface area contributed by atoms with Gasteiger partial charge in [-0.15, -0.1) is 0 Å². The Morgan fingerprint density at radius 3 is 2.30 bits per heavy atom. The van der Waals surface area contributed by atoms with E-state index in [1.807, 2.05) is 29.2 Å². The van der Waals surface area contributed by atoms with Crippen LogP contribution in [0.1, 0.15) is 23.1 Å². The molecule has 0 saturated carbocycles. The predicted octanol–water partition coefficient (Wildman–Crippen LogP) is 1.87. The lowest BCUT2D eigenvalue weighted by Crippen LogP contribution is -2.49. The molecule has 27 heavy (non-hydrogen) atoms. The second-order valence-corrected chi connectivity index (χ2v) is 8.27. The standard InChI is InChI=1S/C18H22N4O4S/c1-13-18(14(2)26-20-13)27(23,24)22-10-8-21(9-11-22)17(12-19)15-4-6-16(25-3)7-5-15/h4-7,17H,8-11H2,1-3H3. The summed E-state index contributed by atoms with van der Waals surface area (Å²) in [6.45, 7) is 4.76. The maximum absolute atomic E-state index is 12.9. The van der Waals surface area contributed by atoms with Crippen LogP contribution in [0.4, 0.5) is 0 Å². The van der Waals surface area contributed by atoms with Crippen LogP contribution in [0.15, 0.2) is 33.7 Å². The Balaban J connectivity index is 1.73. The molecule has 0 radical (unpaired) electrons. The van der Waals surface area contributed by atoms with Crippen LogP contribution in [0, 0.1) is 25.2 Å². The number of hydrogen-bond donors (Lipinski definition) is 0. The van der Waals surface area contributed by atoms with Gasteiger partial charge >= 0.3 is 0 Å². The largest absolute Gasteiger partial charge is 0.497 e. The molecule has 1 aromatic heterocycles. The summed E-state index contributed by atoms with van der Waals surface area (Å²) in [5, 5.41) is 13.4. The number of ether oxygens (including phenoxy) is 1. The second-order valence-electron chi connectivity index (χ2n) is 6.40. The Kier molecular flexibility index (Phi) is 5.51. The zero-order valence-electron chi connectivity index (χ0n) is 15.5. The van der Waals surface area contributed by atoms with Crippen molar-refractivity contribution in [2.24, 2.45) is 0 Å². The molecule has 144 valence electrons. The minimum absolute atomic E-state index is 0.142. The number of aryl methyl sites for hydroxylation is 2. The Labute approximate surface area is 159 Å². The summed E-state index contributed by atoms with van der Waals surface area (Å²) in [5.74, 6) is 1.02. The minimum Gasteiger partial charge on any atom is -0.497 e. The van der Waals surface area contributed by atoms with Crippen molar-refractivity contribution in [2.45, 2.75) is 24.8 Å². The van der Waals surface area contributed by atoms with E-state index in [4.69, 9.17) is 9.26 Å². The molecular formula is C18H22N4O4S. The van der Waals surface area contributed by atoms with Crippen LogP contribution in [-0.4, -0.2) is 56.1 Å². The van der Waals surface area contributed by atoms with Crippen LogP contribution in [0.5, 0.6) is 5.75 Å². The second kappa shape index (κ2) is 7.68. The number of methoxy groups -OCH3 is 1. The molecule has 0 amide bonds. The summed E-state index contributed by atoms with van der Waals surface area (Å²) in [6, 6.07) is 9.24. The maximum atomic E-state index is 12.9. The number of nitriles is 1. The monoisotopic (exact) mass is 390 g/mol. The Morgan fingerprint density at radius 2 is 1.81 bits per heavy atom. The minimum atomic E-state index is -3.66. The lowest BCUT2D eigenvalue weighted by atomic mass is 10.1. The maximum Gasteiger partial charge on any atom is 0.248 e. The third-order valence-electron chi connectivity index (χ3n) is 4.76. The zero-order valence-corrected chi connectivity index (χ0v) is 16.4. The Hall–Kier alpha value is -2.41. The lowest BCUT2D eigenvalue weighted by Gasteiger charge is -2.36. The van der Waals surface area contributed by atoms with E-state index in [2.05, 4.69) is 11.2 Å². The predicted molar refractivity (Wildman–Crippen MR) is 97.7 cm³/mol. The molecule has 8 nitrogen and oxygen atoms in total. The molecule has 0 bridgehead atoms. The highest BCUT2D eigenvalue weighted by Crippen LogP contribution is 2.27. The topological polar surface area (TPSA) is 99.7 Å². The molecular weight excluding hydrogens is 368 g/mol. The number of piperazine rings is 1. The molecule has 0 spiro atoms. The average Bonchev–Trinajstić information content (AvgIpc) is 3.02. The normalized spacial score (nSPS) is 17.4. The van der Waals surface area contributed by atoms with Gasteiger partial charge in [-0.1, -0.05) is 17.3 Å². The molecule has 9 heteroatoms. The first-order valence-corrected chi connectivity index (χ1v) is 10.0. The van der Waals surface area contributed by atoms with Crippen LogP contribution in [0.2, 0.25) is 0 Å². The van der Waals surface area contributed by atoms with Gasteiger partial charge in [0.1, 0.15) is 22.4 Å². The van der Waals surface area contributed by atoms with Gasteiger partial charge in [0.25, 0.3) is 0 Å². The fraction of sp³-hybridized carbons (Fsp3) is 0.444. The SMILES string of the molecule is COc1ccc(C(C#N)N2CCN(S(=O)(=O)c3c(C)noc3C)CC2)cc1. The van der Waals surface area contributed by atoms with E-state index in [-0.39, 0.29) is 4.90 Å². The fourth-order valence-electron chi connectivity index (χ4n) is 3.33. The molecule has 3 rings (SSSR count). The first kappa shape index (κ1) is 19.4. The van der Waals surface area contributed by atoms with Crippen molar-refractivity contribution in [2.75, 3.05) is 33.3 Å². The summed E-state index contributed by atoms with van der Waals surface area (Å²) in [6.07, 6.45) is 0. The van der Waals surface area contributed by atoms with Crippen molar-refractivity contribution >= 4 is 10.0 Å². The molecule has 1 atom stereocenters. The summed E-state index contributed by atoms with van der Waals surface area (Å²) in [7, 11) is -2.07. The van der Waals surface area contributed by atoms with Crippen molar-refractivity contribution in [3.63, 3.8) is 0 Å². The molecule has 1 aliphatic rings. The molecule has 2 aromatic rings. The Morgan fingerprint density at radius 1 is 1.19 bits per heavy atom. The van der Waals surface area contributed by atoms with E-state index in [9.17, 15) is 13.7 Å². The fourth-order valence-corrected chi connectivity index (χ4v) is 5.04. The number of hydrogen-bond acceptors (Lipinski definition) is 7. The third kappa shape index (κ3) is 3.69. The molecule has 0 N–H and O–H groups in total. The number of aromatic nitrogens is 1. The third-order valence-corrected chi connectivity index (χ3v) is 6.90. The van der Waals surface area contributed by atoms with E-state index in [1.54, 1.807) is 21.0 Å². The van der Waals surface area contributed by atoms with Gasteiger partial charge in [0, 0.05) is 26.2 Å². The molecule has 1 fully saturated rings. The Bertz CT molecular complexity index is 919. The molecule has 1 aromatic carbocycles. The highest BCUT2D eigenvalue weighted by atomic mass is 32.2. The summed E-state index contributed by atoms with van der Waals surface area (Å²) >= 11 is 0. The van der Waals surface area contributed by atoms with E-state index in [0.717, 1.165) is 11.3 Å². The number of benzene rings is 1.